The smallest absolute Gasteiger partial charge is 2.00 e. The average Bonchev–Trinajstić information content (AvgIpc) is 0. The van der Waals surface area contributed by atoms with Gasteiger partial charge in [-0.25, -0.2) is 0 Å². The monoisotopic (exact) mass is 131 g/mol. The Hall–Kier alpha value is 1.22. The Balaban J connectivity index is 0. The molecule has 0 aromatic heterocycles. The van der Waals surface area contributed by atoms with Gasteiger partial charge in [0.15, 0.2) is 0 Å². The molecule has 0 N–H and O–H groups in total. The third-order valence-corrected chi connectivity index (χ3v) is 0. The van der Waals surface area contributed by atoms with Crippen LogP contribution in [0.5, 0.6) is 0 Å². The molecule has 0 unspecified atom stereocenters. The third-order valence-electron chi connectivity index (χ3n) is 0. The molecule has 0 amide bonds. The van der Waals surface area contributed by atoms with Crippen LogP contribution in [0.1, 0.15) is 0 Å². The van der Waals surface area contributed by atoms with Crippen molar-refractivity contribution >= 4 is 0 Å². The van der Waals surface area contributed by atoms with Crippen molar-refractivity contribution in [2.24, 2.45) is 0 Å². The number of hydrogen-bond acceptors (Lipinski definition) is 0. The van der Waals surface area contributed by atoms with Gasteiger partial charge < -0.3 is 11.0 Å². The Morgan fingerprint density at radius 3 is 0.750 bits per heavy atom. The summed E-state index contributed by atoms with van der Waals surface area (Å²) in [6, 6.07) is 0. The number of hydrogen-bond donors (Lipinski definition) is 0. The summed E-state index contributed by atoms with van der Waals surface area (Å²) < 4.78 is 0. The van der Waals surface area contributed by atoms with Crippen molar-refractivity contribution in [3.05, 3.63) is 0 Å². The van der Waals surface area contributed by atoms with Crippen molar-refractivity contribution in [2.45, 2.75) is 0 Å². The SMILES string of the molecule is [O-2].[O-2].[Ti+4].[V]. The van der Waals surface area contributed by atoms with Gasteiger partial charge in [0.1, 0.15) is 0 Å². The molecule has 0 saturated carbocycles. The molecule has 2 nitrogen and oxygen atoms in total. The molecular formula is O2TiV. The van der Waals surface area contributed by atoms with E-state index in [1.807, 2.05) is 0 Å². The second-order valence-corrected chi connectivity index (χ2v) is 0. The van der Waals surface area contributed by atoms with E-state index in [2.05, 4.69) is 0 Å². The van der Waals surface area contributed by atoms with Gasteiger partial charge in [-0.05, 0) is 0 Å². The second kappa shape index (κ2) is 29.4. The van der Waals surface area contributed by atoms with E-state index in [1.54, 1.807) is 0 Å². The first-order valence-electron chi connectivity index (χ1n) is 0. The predicted octanol–water partition coefficient (Wildman–Crippen LogP) is -0.243. The zero-order valence-corrected chi connectivity index (χ0v) is 4.72. The summed E-state index contributed by atoms with van der Waals surface area (Å²) in [5.74, 6) is 0. The van der Waals surface area contributed by atoms with E-state index in [1.165, 1.54) is 0 Å². The van der Waals surface area contributed by atoms with Gasteiger partial charge in [-0.15, -0.1) is 0 Å². The summed E-state index contributed by atoms with van der Waals surface area (Å²) >= 11 is 0. The van der Waals surface area contributed by atoms with E-state index in [0.29, 0.717) is 0 Å². The van der Waals surface area contributed by atoms with Crippen LogP contribution in [0.3, 0.4) is 0 Å². The average molecular weight is 131 g/mol. The van der Waals surface area contributed by atoms with Crippen LogP contribution in [0.15, 0.2) is 0 Å². The van der Waals surface area contributed by atoms with E-state index in [9.17, 15) is 0 Å². The molecule has 0 aliphatic rings. The van der Waals surface area contributed by atoms with Gasteiger partial charge in [-0.2, -0.15) is 0 Å². The molecule has 0 aromatic carbocycles. The molecule has 0 atom stereocenters. The molecule has 0 fully saturated rings. The molecular weight excluding hydrogens is 131 g/mol. The van der Waals surface area contributed by atoms with Crippen LogP contribution in [-0.4, -0.2) is 0 Å². The Bertz CT molecular complexity index is 6.00. The van der Waals surface area contributed by atoms with Crippen LogP contribution < -0.4 is 0 Å². The molecule has 0 bridgehead atoms. The summed E-state index contributed by atoms with van der Waals surface area (Å²) in [6.07, 6.45) is 0. The van der Waals surface area contributed by atoms with Crippen LogP contribution in [0.2, 0.25) is 0 Å². The predicted molar refractivity (Wildman–Crippen MR) is 1.37 cm³/mol. The van der Waals surface area contributed by atoms with E-state index in [-0.39, 0.29) is 51.2 Å². The van der Waals surface area contributed by atoms with Crippen molar-refractivity contribution in [3.63, 3.8) is 0 Å². The minimum absolute atomic E-state index is 0. The first-order valence-corrected chi connectivity index (χ1v) is 0. The van der Waals surface area contributed by atoms with Crippen molar-refractivity contribution < 1.29 is 51.2 Å². The van der Waals surface area contributed by atoms with Crippen molar-refractivity contribution in [1.29, 1.82) is 0 Å². The Morgan fingerprint density at radius 2 is 0.750 bits per heavy atom. The van der Waals surface area contributed by atoms with Gasteiger partial charge in [0.05, 0.1) is 0 Å². The van der Waals surface area contributed by atoms with E-state index in [4.69, 9.17) is 0 Å². The molecule has 0 heterocycles. The summed E-state index contributed by atoms with van der Waals surface area (Å²) in [7, 11) is 0. The first kappa shape index (κ1) is 62.5. The zero-order valence-electron chi connectivity index (χ0n) is 1.76. The minimum atomic E-state index is 0. The van der Waals surface area contributed by atoms with Crippen molar-refractivity contribution in [3.8, 4) is 0 Å². The van der Waals surface area contributed by atoms with E-state index >= 15 is 0 Å². The standard InChI is InChI=1S/2O.Ti.V/q2*-2;+4;. The van der Waals surface area contributed by atoms with Gasteiger partial charge in [-0.3, -0.25) is 0 Å². The maximum Gasteiger partial charge on any atom is 4.00 e. The Kier molecular flexibility index (Phi) is 460. The molecule has 4 heteroatoms. The molecule has 0 spiro atoms. The van der Waals surface area contributed by atoms with E-state index in [0.717, 1.165) is 0 Å². The van der Waals surface area contributed by atoms with Gasteiger partial charge in [0, 0.05) is 18.6 Å². The second-order valence-electron chi connectivity index (χ2n) is 0. The fourth-order valence-corrected chi connectivity index (χ4v) is 0. The van der Waals surface area contributed by atoms with E-state index < -0.39 is 0 Å². The molecule has 0 aliphatic carbocycles. The minimum Gasteiger partial charge on any atom is -2.00 e. The molecule has 21 valence electrons. The van der Waals surface area contributed by atoms with Crippen LogP contribution in [0.25, 0.3) is 0 Å². The van der Waals surface area contributed by atoms with Crippen molar-refractivity contribution in [1.82, 2.24) is 0 Å². The molecule has 0 aromatic rings. The van der Waals surface area contributed by atoms with Crippen LogP contribution in [0, 0.1) is 0 Å². The molecule has 0 saturated heterocycles. The molecule has 0 aliphatic heterocycles. The summed E-state index contributed by atoms with van der Waals surface area (Å²) in [4.78, 5) is 0. The normalized spacial score (nSPS) is 0. The first-order chi connectivity index (χ1) is 0. The maximum absolute atomic E-state index is 0. The number of rotatable bonds is 0. The zero-order chi connectivity index (χ0) is 0. The topological polar surface area (TPSA) is 57.0 Å². The Labute approximate surface area is 51.3 Å². The molecule has 0 rings (SSSR count). The Morgan fingerprint density at radius 1 is 0.750 bits per heavy atom. The van der Waals surface area contributed by atoms with Crippen molar-refractivity contribution in [2.75, 3.05) is 0 Å². The fraction of sp³-hybridized carbons (Fsp3) is 0. The third kappa shape index (κ3) is 10.7. The van der Waals surface area contributed by atoms with Crippen LogP contribution >= 0.6 is 0 Å². The molecule has 4 heavy (non-hydrogen) atoms. The molecule has 1 radical (unpaired) electrons. The van der Waals surface area contributed by atoms with Gasteiger partial charge in [-0.1, -0.05) is 0 Å². The maximum atomic E-state index is 0. The fourth-order valence-electron chi connectivity index (χ4n) is 0. The van der Waals surface area contributed by atoms with Crippen LogP contribution in [-0.2, 0) is 51.2 Å². The van der Waals surface area contributed by atoms with Gasteiger partial charge in [0.2, 0.25) is 0 Å². The quantitative estimate of drug-likeness (QED) is 0.407. The summed E-state index contributed by atoms with van der Waals surface area (Å²) in [5, 5.41) is 0. The summed E-state index contributed by atoms with van der Waals surface area (Å²) in [5.41, 5.74) is 0. The summed E-state index contributed by atoms with van der Waals surface area (Å²) in [6.45, 7) is 0. The van der Waals surface area contributed by atoms with Gasteiger partial charge in [0.25, 0.3) is 0 Å². The largest absolute Gasteiger partial charge is 4.00 e. The van der Waals surface area contributed by atoms with Gasteiger partial charge >= 0.3 is 21.7 Å². The van der Waals surface area contributed by atoms with Crippen LogP contribution in [0.4, 0.5) is 0 Å².